The van der Waals surface area contributed by atoms with Crippen LogP contribution in [0.15, 0.2) is 18.2 Å². The Morgan fingerprint density at radius 2 is 2.13 bits per heavy atom. The third-order valence-electron chi connectivity index (χ3n) is 5.39. The standard InChI is InChI=1S/C22H28N4O3S/c1-22(2)12-15-19(17(27)13-22)30-21(24-15)26-9-10-29-18-11-14(5-6-16(18)26)20(28)23-7-8-25(3)4/h5-6,11H,7-10,12-13H2,1-4H3,(H,23,28). The van der Waals surface area contributed by atoms with Crippen LogP contribution in [0.3, 0.4) is 0 Å². The maximum absolute atomic E-state index is 12.6. The van der Waals surface area contributed by atoms with Crippen LogP contribution in [0.4, 0.5) is 10.8 Å². The summed E-state index contributed by atoms with van der Waals surface area (Å²) in [5, 5.41) is 3.75. The van der Waals surface area contributed by atoms with Crippen molar-refractivity contribution < 1.29 is 14.3 Å². The number of Topliss-reactive ketones (excluding diaryl/α,β-unsaturated/α-hetero) is 1. The Hall–Kier alpha value is -2.45. The fraction of sp³-hybridized carbons (Fsp3) is 0.500. The fourth-order valence-corrected chi connectivity index (χ4v) is 4.94. The van der Waals surface area contributed by atoms with Gasteiger partial charge in [0, 0.05) is 25.1 Å². The Labute approximate surface area is 181 Å². The minimum absolute atomic E-state index is 0.0484. The summed E-state index contributed by atoms with van der Waals surface area (Å²) in [6.45, 7) is 6.76. The van der Waals surface area contributed by atoms with Crippen LogP contribution < -0.4 is 15.0 Å². The Morgan fingerprint density at radius 3 is 2.90 bits per heavy atom. The number of nitrogens with zero attached hydrogens (tertiary/aromatic N) is 3. The monoisotopic (exact) mass is 428 g/mol. The molecule has 0 saturated carbocycles. The summed E-state index contributed by atoms with van der Waals surface area (Å²) in [6.07, 6.45) is 1.38. The zero-order chi connectivity index (χ0) is 21.5. The van der Waals surface area contributed by atoms with Gasteiger partial charge in [-0.2, -0.15) is 0 Å². The summed E-state index contributed by atoms with van der Waals surface area (Å²) >= 11 is 1.46. The summed E-state index contributed by atoms with van der Waals surface area (Å²) in [6, 6.07) is 5.50. The maximum Gasteiger partial charge on any atom is 0.251 e. The number of amides is 1. The molecule has 4 rings (SSSR count). The molecule has 2 aliphatic rings. The highest BCUT2D eigenvalue weighted by Crippen LogP contribution is 2.43. The Kier molecular flexibility index (Phi) is 5.55. The zero-order valence-electron chi connectivity index (χ0n) is 17.9. The first kappa shape index (κ1) is 20.8. The Balaban J connectivity index is 1.57. The highest BCUT2D eigenvalue weighted by atomic mass is 32.1. The van der Waals surface area contributed by atoms with Gasteiger partial charge in [-0.25, -0.2) is 4.98 Å². The average Bonchev–Trinajstić information content (AvgIpc) is 3.09. The van der Waals surface area contributed by atoms with Crippen molar-refractivity contribution in [2.45, 2.75) is 26.7 Å². The minimum atomic E-state index is -0.113. The first-order valence-corrected chi connectivity index (χ1v) is 11.1. The SMILES string of the molecule is CN(C)CCNC(=O)c1ccc2c(c1)OCCN2c1nc2c(s1)C(=O)CC(C)(C)C2. The third kappa shape index (κ3) is 4.20. The number of fused-ring (bicyclic) bond motifs is 2. The number of anilines is 2. The molecule has 0 bridgehead atoms. The molecule has 0 radical (unpaired) electrons. The molecule has 0 fully saturated rings. The summed E-state index contributed by atoms with van der Waals surface area (Å²) < 4.78 is 5.84. The summed E-state index contributed by atoms with van der Waals surface area (Å²) in [4.78, 5) is 34.7. The van der Waals surface area contributed by atoms with E-state index >= 15 is 0 Å². The van der Waals surface area contributed by atoms with Crippen molar-refractivity contribution in [1.29, 1.82) is 0 Å². The number of thiazole rings is 1. The summed E-state index contributed by atoms with van der Waals surface area (Å²) in [5.41, 5.74) is 2.31. The number of likely N-dealkylation sites (N-methyl/N-ethyl adjacent to an activating group) is 1. The molecule has 7 nitrogen and oxygen atoms in total. The molecular weight excluding hydrogens is 400 g/mol. The van der Waals surface area contributed by atoms with E-state index in [1.54, 1.807) is 6.07 Å². The van der Waals surface area contributed by atoms with Gasteiger partial charge < -0.3 is 19.9 Å². The Morgan fingerprint density at radius 1 is 1.33 bits per heavy atom. The smallest absolute Gasteiger partial charge is 0.251 e. The largest absolute Gasteiger partial charge is 0.490 e. The van der Waals surface area contributed by atoms with Crippen LogP contribution in [0.1, 0.15) is 46.0 Å². The predicted octanol–water partition coefficient (Wildman–Crippen LogP) is 3.12. The lowest BCUT2D eigenvalue weighted by Crippen LogP contribution is -2.32. The number of ether oxygens (including phenoxy) is 1. The Bertz CT molecular complexity index is 983. The molecule has 2 heterocycles. The average molecular weight is 429 g/mol. The van der Waals surface area contributed by atoms with Gasteiger partial charge in [0.15, 0.2) is 10.9 Å². The number of carbonyl (C=O) groups excluding carboxylic acids is 2. The lowest BCUT2D eigenvalue weighted by molar-refractivity contribution is 0.0914. The quantitative estimate of drug-likeness (QED) is 0.789. The van der Waals surface area contributed by atoms with Crippen LogP contribution in [0, 0.1) is 5.41 Å². The number of hydrogen-bond acceptors (Lipinski definition) is 7. The van der Waals surface area contributed by atoms with E-state index < -0.39 is 0 Å². The van der Waals surface area contributed by atoms with Gasteiger partial charge in [0.2, 0.25) is 0 Å². The van der Waals surface area contributed by atoms with E-state index in [4.69, 9.17) is 9.72 Å². The molecule has 1 aromatic carbocycles. The number of nitrogens with one attached hydrogen (secondary N) is 1. The first-order valence-electron chi connectivity index (χ1n) is 10.2. The molecule has 0 saturated heterocycles. The molecule has 1 N–H and O–H groups in total. The molecule has 0 atom stereocenters. The van der Waals surface area contributed by atoms with Gasteiger partial charge >= 0.3 is 0 Å². The van der Waals surface area contributed by atoms with Gasteiger partial charge in [-0.1, -0.05) is 25.2 Å². The van der Waals surface area contributed by atoms with E-state index in [1.165, 1.54) is 11.3 Å². The van der Waals surface area contributed by atoms with E-state index in [0.717, 1.165) is 34.4 Å². The van der Waals surface area contributed by atoms with Crippen molar-refractivity contribution in [3.05, 3.63) is 34.3 Å². The van der Waals surface area contributed by atoms with Gasteiger partial charge in [-0.3, -0.25) is 9.59 Å². The van der Waals surface area contributed by atoms with Crippen molar-refractivity contribution >= 4 is 33.8 Å². The molecule has 1 aliphatic carbocycles. The second-order valence-corrected chi connectivity index (χ2v) is 9.93. The zero-order valence-corrected chi connectivity index (χ0v) is 18.8. The molecule has 1 aromatic heterocycles. The van der Waals surface area contributed by atoms with Crippen molar-refractivity contribution in [2.24, 2.45) is 5.41 Å². The van der Waals surface area contributed by atoms with Crippen molar-refractivity contribution in [1.82, 2.24) is 15.2 Å². The highest BCUT2D eigenvalue weighted by Gasteiger charge is 2.35. The fourth-order valence-electron chi connectivity index (χ4n) is 3.88. The maximum atomic E-state index is 12.6. The van der Waals surface area contributed by atoms with E-state index in [9.17, 15) is 9.59 Å². The molecule has 1 amide bonds. The van der Waals surface area contributed by atoms with E-state index in [-0.39, 0.29) is 17.1 Å². The minimum Gasteiger partial charge on any atom is -0.490 e. The second-order valence-electron chi connectivity index (χ2n) is 8.95. The van der Waals surface area contributed by atoms with Gasteiger partial charge in [0.1, 0.15) is 12.4 Å². The number of hydrogen-bond donors (Lipinski definition) is 1. The molecule has 0 spiro atoms. The number of carbonyl (C=O) groups is 2. The lowest BCUT2D eigenvalue weighted by Gasteiger charge is -2.29. The molecular formula is C22H28N4O3S. The summed E-state index contributed by atoms with van der Waals surface area (Å²) in [7, 11) is 3.94. The number of benzene rings is 1. The molecule has 160 valence electrons. The van der Waals surface area contributed by atoms with Crippen LogP contribution in [0.5, 0.6) is 5.75 Å². The predicted molar refractivity (Wildman–Crippen MR) is 118 cm³/mol. The van der Waals surface area contributed by atoms with Crippen molar-refractivity contribution in [3.63, 3.8) is 0 Å². The molecule has 2 aromatic rings. The first-order chi connectivity index (χ1) is 14.2. The molecule has 1 aliphatic heterocycles. The van der Waals surface area contributed by atoms with Crippen molar-refractivity contribution in [2.75, 3.05) is 45.2 Å². The lowest BCUT2D eigenvalue weighted by atomic mass is 9.78. The molecule has 8 heteroatoms. The third-order valence-corrected chi connectivity index (χ3v) is 6.55. The van der Waals surface area contributed by atoms with E-state index in [0.29, 0.717) is 37.4 Å². The summed E-state index contributed by atoms with van der Waals surface area (Å²) in [5.74, 6) is 0.738. The normalized spacial score (nSPS) is 17.4. The van der Waals surface area contributed by atoms with Crippen molar-refractivity contribution in [3.8, 4) is 5.75 Å². The number of rotatable bonds is 5. The molecule has 30 heavy (non-hydrogen) atoms. The number of ketones is 1. The second kappa shape index (κ2) is 8.00. The van der Waals surface area contributed by atoms with Gasteiger partial charge in [0.05, 0.1) is 22.8 Å². The molecule has 0 unspecified atom stereocenters. The van der Waals surface area contributed by atoms with Crippen LogP contribution in [0.2, 0.25) is 0 Å². The van der Waals surface area contributed by atoms with Crippen LogP contribution >= 0.6 is 11.3 Å². The van der Waals surface area contributed by atoms with Gasteiger partial charge in [0.25, 0.3) is 5.91 Å². The van der Waals surface area contributed by atoms with Gasteiger partial charge in [-0.05, 0) is 44.1 Å². The van der Waals surface area contributed by atoms with E-state index in [1.807, 2.05) is 31.1 Å². The van der Waals surface area contributed by atoms with E-state index in [2.05, 4.69) is 24.1 Å². The number of aromatic nitrogens is 1. The van der Waals surface area contributed by atoms with Crippen LogP contribution in [-0.4, -0.2) is 61.9 Å². The van der Waals surface area contributed by atoms with Crippen LogP contribution in [0.25, 0.3) is 0 Å². The topological polar surface area (TPSA) is 74.8 Å². The highest BCUT2D eigenvalue weighted by molar-refractivity contribution is 7.17. The van der Waals surface area contributed by atoms with Crippen LogP contribution in [-0.2, 0) is 6.42 Å². The van der Waals surface area contributed by atoms with Gasteiger partial charge in [-0.15, -0.1) is 0 Å².